The molecule has 178 valence electrons. The number of likely N-dealkylation sites (tertiary alicyclic amines) is 1. The number of piperidine rings is 1. The Hall–Kier alpha value is -3.27. The van der Waals surface area contributed by atoms with Crippen LogP contribution in [0.1, 0.15) is 23.4 Å². The fourth-order valence-electron chi connectivity index (χ4n) is 4.67. The van der Waals surface area contributed by atoms with Gasteiger partial charge < -0.3 is 24.4 Å². The predicted molar refractivity (Wildman–Crippen MR) is 125 cm³/mol. The van der Waals surface area contributed by atoms with Gasteiger partial charge in [0, 0.05) is 50.1 Å². The average molecular weight is 483 g/mol. The highest BCUT2D eigenvalue weighted by Gasteiger charge is 2.38. The Morgan fingerprint density at radius 2 is 1.53 bits per heavy atom. The number of rotatable bonds is 3. The van der Waals surface area contributed by atoms with E-state index >= 15 is 0 Å². The molecule has 34 heavy (non-hydrogen) atoms. The summed E-state index contributed by atoms with van der Waals surface area (Å²) in [6.07, 6.45) is 2.62. The van der Waals surface area contributed by atoms with Crippen molar-refractivity contribution in [2.45, 2.75) is 23.0 Å². The van der Waals surface area contributed by atoms with Gasteiger partial charge in [-0.25, -0.2) is 0 Å². The van der Waals surface area contributed by atoms with Crippen LogP contribution in [0.25, 0.3) is 0 Å². The second-order valence-electron chi connectivity index (χ2n) is 8.68. The van der Waals surface area contributed by atoms with E-state index in [9.17, 15) is 19.2 Å². The van der Waals surface area contributed by atoms with Crippen molar-refractivity contribution in [3.63, 3.8) is 0 Å². The Morgan fingerprint density at radius 3 is 2.24 bits per heavy atom. The lowest BCUT2D eigenvalue weighted by Crippen LogP contribution is -2.53. The number of hydrogen-bond acceptors (Lipinski definition) is 6. The number of anilines is 1. The van der Waals surface area contributed by atoms with Crippen LogP contribution in [0, 0.1) is 5.92 Å². The van der Waals surface area contributed by atoms with Crippen molar-refractivity contribution in [2.24, 2.45) is 5.92 Å². The van der Waals surface area contributed by atoms with Gasteiger partial charge in [-0.15, -0.1) is 11.8 Å². The van der Waals surface area contributed by atoms with Crippen LogP contribution in [-0.4, -0.2) is 82.8 Å². The molecule has 1 atom stereocenters. The first-order valence-electron chi connectivity index (χ1n) is 11.5. The molecule has 10 heteroatoms. The first-order chi connectivity index (χ1) is 16.5. The molecule has 0 aliphatic carbocycles. The van der Waals surface area contributed by atoms with Gasteiger partial charge in [0.2, 0.25) is 17.7 Å². The van der Waals surface area contributed by atoms with Crippen LogP contribution in [0.15, 0.2) is 52.0 Å². The second kappa shape index (κ2) is 9.54. The van der Waals surface area contributed by atoms with Crippen molar-refractivity contribution in [3.8, 4) is 0 Å². The number of fused-ring (bicyclic) bond motifs is 1. The van der Waals surface area contributed by atoms with Gasteiger partial charge in [0.05, 0.1) is 12.0 Å². The number of furan rings is 1. The van der Waals surface area contributed by atoms with Crippen molar-refractivity contribution < 1.29 is 23.6 Å². The monoisotopic (exact) mass is 482 g/mol. The van der Waals surface area contributed by atoms with Crippen LogP contribution in [0.4, 0.5) is 5.69 Å². The zero-order valence-electron chi connectivity index (χ0n) is 18.6. The summed E-state index contributed by atoms with van der Waals surface area (Å²) >= 11 is 1.28. The van der Waals surface area contributed by atoms with E-state index in [-0.39, 0.29) is 29.5 Å². The molecule has 0 radical (unpaired) electrons. The molecule has 0 bridgehead atoms. The van der Waals surface area contributed by atoms with E-state index in [1.165, 1.54) is 18.0 Å². The molecule has 2 fully saturated rings. The van der Waals surface area contributed by atoms with Crippen LogP contribution < -0.4 is 5.32 Å². The number of amides is 4. The van der Waals surface area contributed by atoms with E-state index < -0.39 is 5.25 Å². The van der Waals surface area contributed by atoms with E-state index in [1.54, 1.807) is 21.9 Å². The molecular formula is C24H26N4O5S. The summed E-state index contributed by atoms with van der Waals surface area (Å²) in [5, 5.41) is 2.01. The average Bonchev–Trinajstić information content (AvgIpc) is 3.42. The number of carbonyl (C=O) groups is 4. The molecule has 0 saturated carbocycles. The molecule has 3 aliphatic rings. The zero-order chi connectivity index (χ0) is 23.7. The van der Waals surface area contributed by atoms with Crippen molar-refractivity contribution in [2.75, 3.05) is 44.6 Å². The number of para-hydroxylation sites is 1. The molecule has 1 N–H and O–H groups in total. The standard InChI is InChI=1S/C24H26N4O5S/c29-21-20(34-19-6-2-1-4-17(19)25-21)24(32)26-9-7-16(8-10-26)22(30)27-11-13-28(14-12-27)23(31)18-5-3-15-33-18/h1-6,15-16,20H,7-14H2,(H,25,29)/t20-/m1/s1. The van der Waals surface area contributed by atoms with Crippen molar-refractivity contribution in [1.82, 2.24) is 14.7 Å². The first-order valence-corrected chi connectivity index (χ1v) is 12.4. The van der Waals surface area contributed by atoms with Gasteiger partial charge in [0.25, 0.3) is 5.91 Å². The highest BCUT2D eigenvalue weighted by molar-refractivity contribution is 8.01. The second-order valence-corrected chi connectivity index (χ2v) is 9.82. The van der Waals surface area contributed by atoms with Crippen molar-refractivity contribution in [3.05, 3.63) is 48.4 Å². The number of nitrogens with one attached hydrogen (secondary N) is 1. The number of nitrogens with zero attached hydrogens (tertiary/aromatic N) is 3. The highest BCUT2D eigenvalue weighted by atomic mass is 32.2. The highest BCUT2D eigenvalue weighted by Crippen LogP contribution is 2.36. The molecule has 4 amide bonds. The first kappa shape index (κ1) is 22.5. The van der Waals surface area contributed by atoms with Crippen LogP contribution in [0.3, 0.4) is 0 Å². The van der Waals surface area contributed by atoms with Gasteiger partial charge in [-0.05, 0) is 37.1 Å². The summed E-state index contributed by atoms with van der Waals surface area (Å²) in [6, 6.07) is 10.8. The lowest BCUT2D eigenvalue weighted by Gasteiger charge is -2.39. The van der Waals surface area contributed by atoms with Gasteiger partial charge in [-0.2, -0.15) is 0 Å². The topological polar surface area (TPSA) is 103 Å². The largest absolute Gasteiger partial charge is 0.459 e. The van der Waals surface area contributed by atoms with Gasteiger partial charge in [-0.3, -0.25) is 19.2 Å². The van der Waals surface area contributed by atoms with E-state index in [1.807, 2.05) is 29.2 Å². The normalized spacial score (nSPS) is 21.1. The summed E-state index contributed by atoms with van der Waals surface area (Å²) in [6.45, 7) is 2.83. The van der Waals surface area contributed by atoms with E-state index in [0.29, 0.717) is 57.9 Å². The third-order valence-corrected chi connectivity index (χ3v) is 7.88. The van der Waals surface area contributed by atoms with Crippen LogP contribution in [0.5, 0.6) is 0 Å². The molecule has 4 heterocycles. The van der Waals surface area contributed by atoms with Crippen molar-refractivity contribution in [1.29, 1.82) is 0 Å². The smallest absolute Gasteiger partial charge is 0.289 e. The SMILES string of the molecule is O=C1Nc2ccccc2S[C@H]1C(=O)N1CCC(C(=O)N2CCN(C(=O)c3ccco3)CC2)CC1. The molecule has 2 aromatic rings. The predicted octanol–water partition coefficient (Wildman–Crippen LogP) is 1.92. The summed E-state index contributed by atoms with van der Waals surface area (Å²) in [7, 11) is 0. The maximum atomic E-state index is 13.1. The quantitative estimate of drug-likeness (QED) is 0.671. The number of carbonyl (C=O) groups excluding carboxylic acids is 4. The molecule has 3 aliphatic heterocycles. The summed E-state index contributed by atoms with van der Waals surface area (Å²) in [4.78, 5) is 57.1. The van der Waals surface area contributed by atoms with E-state index in [4.69, 9.17) is 4.42 Å². The Balaban J connectivity index is 1.11. The summed E-state index contributed by atoms with van der Waals surface area (Å²) in [5.74, 6) is -0.413. The van der Waals surface area contributed by atoms with Gasteiger partial charge >= 0.3 is 0 Å². The Labute approximate surface area is 201 Å². The minimum Gasteiger partial charge on any atom is -0.459 e. The van der Waals surface area contributed by atoms with E-state index in [0.717, 1.165) is 10.6 Å². The third kappa shape index (κ3) is 4.42. The number of hydrogen-bond donors (Lipinski definition) is 1. The molecule has 1 aromatic heterocycles. The molecule has 9 nitrogen and oxygen atoms in total. The van der Waals surface area contributed by atoms with Crippen molar-refractivity contribution >= 4 is 41.1 Å². The van der Waals surface area contributed by atoms with Crippen LogP contribution in [-0.2, 0) is 14.4 Å². The minimum atomic E-state index is -0.804. The van der Waals surface area contributed by atoms with Crippen LogP contribution >= 0.6 is 11.8 Å². The number of piperazine rings is 1. The fraction of sp³-hybridized carbons (Fsp3) is 0.417. The Bertz CT molecular complexity index is 1090. The number of benzene rings is 1. The van der Waals surface area contributed by atoms with E-state index in [2.05, 4.69) is 5.32 Å². The zero-order valence-corrected chi connectivity index (χ0v) is 19.5. The molecule has 1 aromatic carbocycles. The Morgan fingerprint density at radius 1 is 0.853 bits per heavy atom. The third-order valence-electron chi connectivity index (χ3n) is 6.62. The van der Waals surface area contributed by atoms with Crippen LogP contribution in [0.2, 0.25) is 0 Å². The summed E-state index contributed by atoms with van der Waals surface area (Å²) < 4.78 is 5.18. The molecule has 0 unspecified atom stereocenters. The fourth-order valence-corrected chi connectivity index (χ4v) is 5.74. The molecule has 2 saturated heterocycles. The lowest BCUT2D eigenvalue weighted by atomic mass is 9.94. The Kier molecular flexibility index (Phi) is 6.32. The lowest BCUT2D eigenvalue weighted by molar-refractivity contribution is -0.142. The molecule has 5 rings (SSSR count). The maximum Gasteiger partial charge on any atom is 0.289 e. The van der Waals surface area contributed by atoms with Gasteiger partial charge in [0.1, 0.15) is 0 Å². The molecule has 0 spiro atoms. The van der Waals surface area contributed by atoms with Gasteiger partial charge in [-0.1, -0.05) is 12.1 Å². The summed E-state index contributed by atoms with van der Waals surface area (Å²) in [5.41, 5.74) is 0.733. The molecular weight excluding hydrogens is 456 g/mol. The number of thioether (sulfide) groups is 1. The minimum absolute atomic E-state index is 0.0795. The maximum absolute atomic E-state index is 13.1. The van der Waals surface area contributed by atoms with Gasteiger partial charge in [0.15, 0.2) is 11.0 Å².